The van der Waals surface area contributed by atoms with Crippen LogP contribution in [-0.2, 0) is 4.79 Å². The number of benzene rings is 1. The first-order chi connectivity index (χ1) is 8.13. The van der Waals surface area contributed by atoms with Gasteiger partial charge >= 0.3 is 0 Å². The summed E-state index contributed by atoms with van der Waals surface area (Å²) in [6, 6.07) is 6.25. The highest BCUT2D eigenvalue weighted by molar-refractivity contribution is 5.76. The molecule has 3 heteroatoms. The van der Waals surface area contributed by atoms with E-state index in [1.165, 1.54) is 11.1 Å². The van der Waals surface area contributed by atoms with Crippen LogP contribution in [0.4, 0.5) is 5.69 Å². The van der Waals surface area contributed by atoms with Crippen LogP contribution in [0.25, 0.3) is 0 Å². The van der Waals surface area contributed by atoms with Gasteiger partial charge in [0.1, 0.15) is 0 Å². The summed E-state index contributed by atoms with van der Waals surface area (Å²) in [7, 11) is 0. The zero-order chi connectivity index (χ0) is 12.7. The highest BCUT2D eigenvalue weighted by atomic mass is 16.1. The molecule has 0 aliphatic carbocycles. The maximum atomic E-state index is 11.3. The summed E-state index contributed by atoms with van der Waals surface area (Å²) in [5, 5.41) is 6.02. The third kappa shape index (κ3) is 4.72. The molecule has 0 aliphatic heterocycles. The molecule has 17 heavy (non-hydrogen) atoms. The second-order valence-electron chi connectivity index (χ2n) is 4.09. The maximum Gasteiger partial charge on any atom is 0.222 e. The maximum absolute atomic E-state index is 11.3. The van der Waals surface area contributed by atoms with E-state index in [0.29, 0.717) is 19.5 Å². The van der Waals surface area contributed by atoms with Crippen molar-refractivity contribution in [3.8, 4) is 0 Å². The van der Waals surface area contributed by atoms with Gasteiger partial charge in [0, 0.05) is 25.2 Å². The third-order valence-corrected chi connectivity index (χ3v) is 2.50. The highest BCUT2D eigenvalue weighted by Gasteiger charge is 2.01. The number of hydrogen-bond donors (Lipinski definition) is 2. The molecule has 0 bridgehead atoms. The van der Waals surface area contributed by atoms with E-state index >= 15 is 0 Å². The van der Waals surface area contributed by atoms with Gasteiger partial charge in [-0.05, 0) is 31.0 Å². The predicted octanol–water partition coefficient (Wildman–Crippen LogP) is 2.41. The fraction of sp³-hybridized carbons (Fsp3) is 0.357. The quantitative estimate of drug-likeness (QED) is 0.739. The molecule has 2 N–H and O–H groups in total. The zero-order valence-electron chi connectivity index (χ0n) is 10.5. The molecule has 0 saturated heterocycles. The van der Waals surface area contributed by atoms with Crippen LogP contribution in [0.1, 0.15) is 17.5 Å². The molecule has 1 aromatic carbocycles. The first kappa shape index (κ1) is 13.3. The lowest BCUT2D eigenvalue weighted by Gasteiger charge is -2.10. The average Bonchev–Trinajstić information content (AvgIpc) is 2.31. The molecule has 0 atom stereocenters. The van der Waals surface area contributed by atoms with Crippen molar-refractivity contribution in [2.24, 2.45) is 0 Å². The van der Waals surface area contributed by atoms with E-state index in [9.17, 15) is 4.79 Å². The van der Waals surface area contributed by atoms with Gasteiger partial charge in [-0.25, -0.2) is 0 Å². The Morgan fingerprint density at radius 2 is 2.18 bits per heavy atom. The average molecular weight is 232 g/mol. The van der Waals surface area contributed by atoms with Crippen molar-refractivity contribution in [2.45, 2.75) is 20.3 Å². The SMILES string of the molecule is C=CCNC(=O)CCNc1cc(C)ccc1C. The number of anilines is 1. The Kier molecular flexibility index (Phi) is 5.27. The second-order valence-corrected chi connectivity index (χ2v) is 4.09. The van der Waals surface area contributed by atoms with Crippen LogP contribution in [0.2, 0.25) is 0 Å². The van der Waals surface area contributed by atoms with Crippen LogP contribution < -0.4 is 10.6 Å². The van der Waals surface area contributed by atoms with E-state index in [1.54, 1.807) is 6.08 Å². The molecular formula is C14H20N2O. The van der Waals surface area contributed by atoms with Crippen molar-refractivity contribution < 1.29 is 4.79 Å². The summed E-state index contributed by atoms with van der Waals surface area (Å²) >= 11 is 0. The molecule has 1 aromatic rings. The number of carbonyl (C=O) groups excluding carboxylic acids is 1. The molecule has 0 fully saturated rings. The van der Waals surface area contributed by atoms with Gasteiger partial charge in [-0.1, -0.05) is 18.2 Å². The van der Waals surface area contributed by atoms with Gasteiger partial charge in [-0.3, -0.25) is 4.79 Å². The summed E-state index contributed by atoms with van der Waals surface area (Å²) in [6.07, 6.45) is 2.15. The molecule has 0 heterocycles. The van der Waals surface area contributed by atoms with E-state index in [0.717, 1.165) is 5.69 Å². The van der Waals surface area contributed by atoms with Gasteiger partial charge in [0.05, 0.1) is 0 Å². The number of carbonyl (C=O) groups is 1. The number of nitrogens with one attached hydrogen (secondary N) is 2. The fourth-order valence-corrected chi connectivity index (χ4v) is 1.51. The van der Waals surface area contributed by atoms with Gasteiger partial charge in [0.25, 0.3) is 0 Å². The molecule has 0 saturated carbocycles. The van der Waals surface area contributed by atoms with Crippen molar-refractivity contribution >= 4 is 11.6 Å². The lowest BCUT2D eigenvalue weighted by Crippen LogP contribution is -2.25. The molecular weight excluding hydrogens is 212 g/mol. The van der Waals surface area contributed by atoms with Gasteiger partial charge in [0.2, 0.25) is 5.91 Å². The minimum atomic E-state index is 0.0442. The van der Waals surface area contributed by atoms with Crippen LogP contribution >= 0.6 is 0 Å². The monoisotopic (exact) mass is 232 g/mol. The summed E-state index contributed by atoms with van der Waals surface area (Å²) in [4.78, 5) is 11.3. The standard InChI is InChI=1S/C14H20N2O/c1-4-8-16-14(17)7-9-15-13-10-11(2)5-6-12(13)3/h4-6,10,15H,1,7-9H2,2-3H3,(H,16,17). The summed E-state index contributed by atoms with van der Waals surface area (Å²) in [5.74, 6) is 0.0442. The molecule has 3 nitrogen and oxygen atoms in total. The molecule has 1 rings (SSSR count). The van der Waals surface area contributed by atoms with Crippen molar-refractivity contribution in [2.75, 3.05) is 18.4 Å². The van der Waals surface area contributed by atoms with E-state index in [-0.39, 0.29) is 5.91 Å². The van der Waals surface area contributed by atoms with E-state index in [4.69, 9.17) is 0 Å². The number of aryl methyl sites for hydroxylation is 2. The Morgan fingerprint density at radius 3 is 2.88 bits per heavy atom. The summed E-state index contributed by atoms with van der Waals surface area (Å²) in [5.41, 5.74) is 3.51. The summed E-state index contributed by atoms with van der Waals surface area (Å²) in [6.45, 7) is 8.84. The first-order valence-corrected chi connectivity index (χ1v) is 5.82. The first-order valence-electron chi connectivity index (χ1n) is 5.82. The Morgan fingerprint density at radius 1 is 1.41 bits per heavy atom. The normalized spacial score (nSPS) is 9.76. The second kappa shape index (κ2) is 6.74. The van der Waals surface area contributed by atoms with Crippen LogP contribution in [0, 0.1) is 13.8 Å². The highest BCUT2D eigenvalue weighted by Crippen LogP contribution is 2.15. The van der Waals surface area contributed by atoms with Crippen LogP contribution in [0.3, 0.4) is 0 Å². The van der Waals surface area contributed by atoms with Crippen molar-refractivity contribution in [1.82, 2.24) is 5.32 Å². The lowest BCUT2D eigenvalue weighted by molar-refractivity contribution is -0.120. The Labute approximate surface area is 103 Å². The molecule has 0 aliphatic rings. The number of hydrogen-bond acceptors (Lipinski definition) is 2. The van der Waals surface area contributed by atoms with Crippen LogP contribution in [-0.4, -0.2) is 19.0 Å². The Hall–Kier alpha value is -1.77. The van der Waals surface area contributed by atoms with Crippen LogP contribution in [0.5, 0.6) is 0 Å². The Balaban J connectivity index is 2.37. The minimum absolute atomic E-state index is 0.0442. The zero-order valence-corrected chi connectivity index (χ0v) is 10.5. The lowest BCUT2D eigenvalue weighted by atomic mass is 10.1. The molecule has 92 valence electrons. The largest absolute Gasteiger partial charge is 0.384 e. The topological polar surface area (TPSA) is 41.1 Å². The van der Waals surface area contributed by atoms with E-state index in [2.05, 4.69) is 49.3 Å². The minimum Gasteiger partial charge on any atom is -0.384 e. The predicted molar refractivity (Wildman–Crippen MR) is 72.2 cm³/mol. The Bertz CT molecular complexity index is 399. The smallest absolute Gasteiger partial charge is 0.222 e. The van der Waals surface area contributed by atoms with Gasteiger partial charge < -0.3 is 10.6 Å². The number of amides is 1. The third-order valence-electron chi connectivity index (χ3n) is 2.50. The van der Waals surface area contributed by atoms with Gasteiger partial charge in [-0.2, -0.15) is 0 Å². The molecule has 0 spiro atoms. The summed E-state index contributed by atoms with van der Waals surface area (Å²) < 4.78 is 0. The van der Waals surface area contributed by atoms with Crippen LogP contribution in [0.15, 0.2) is 30.9 Å². The molecule has 0 radical (unpaired) electrons. The number of rotatable bonds is 6. The molecule has 1 amide bonds. The van der Waals surface area contributed by atoms with Crippen molar-refractivity contribution in [3.63, 3.8) is 0 Å². The van der Waals surface area contributed by atoms with E-state index in [1.807, 2.05) is 0 Å². The van der Waals surface area contributed by atoms with E-state index < -0.39 is 0 Å². The van der Waals surface area contributed by atoms with Crippen molar-refractivity contribution in [1.29, 1.82) is 0 Å². The molecule has 0 unspecified atom stereocenters. The van der Waals surface area contributed by atoms with Gasteiger partial charge in [-0.15, -0.1) is 6.58 Å². The molecule has 0 aromatic heterocycles. The fourth-order valence-electron chi connectivity index (χ4n) is 1.51. The van der Waals surface area contributed by atoms with Gasteiger partial charge in [0.15, 0.2) is 0 Å². The van der Waals surface area contributed by atoms with Crippen molar-refractivity contribution in [3.05, 3.63) is 42.0 Å².